The predicted octanol–water partition coefficient (Wildman–Crippen LogP) is 19.6. The Hall–Kier alpha value is -2.89. The van der Waals surface area contributed by atoms with E-state index in [2.05, 4.69) is 81.5 Å². The Kier molecular flexibility index (Phi) is 54.3. The van der Waals surface area contributed by atoms with Crippen LogP contribution in [0.15, 0.2) is 60.8 Å². The van der Waals surface area contributed by atoms with E-state index in [9.17, 15) is 14.4 Å². The van der Waals surface area contributed by atoms with Gasteiger partial charge in [0, 0.05) is 19.3 Å². The van der Waals surface area contributed by atoms with Crippen molar-refractivity contribution < 1.29 is 28.6 Å². The van der Waals surface area contributed by atoms with E-state index in [0.717, 1.165) is 64.2 Å². The smallest absolute Gasteiger partial charge is 0.306 e. The van der Waals surface area contributed by atoms with Crippen LogP contribution < -0.4 is 0 Å². The topological polar surface area (TPSA) is 78.9 Å². The number of rotatable bonds is 53. The van der Waals surface area contributed by atoms with Crippen LogP contribution in [0.25, 0.3) is 0 Å². The van der Waals surface area contributed by atoms with Gasteiger partial charge in [-0.2, -0.15) is 0 Å². The Balaban J connectivity index is 4.46. The molecule has 1 unspecified atom stereocenters. The second-order valence-electron chi connectivity index (χ2n) is 19.5. The molecular weight excluding hydrogens is 841 g/mol. The first-order chi connectivity index (χ1) is 33.5. The standard InChI is InChI=1S/C62H110O6/c1-4-7-10-13-16-19-22-25-28-31-34-37-40-43-46-49-52-55-61(64)67-58-59(57-66-60(63)54-51-48-45-42-39-36-33-30-27-24-21-18-15-12-9-6-3)68-62(65)56-53-50-47-44-41-38-35-32-29-26-23-20-17-14-11-8-5-2/h25-26,28-30,33-34,37,43,46,59H,4-24,27,31-32,35-36,38-42,44-45,47-58H2,1-3H3/b28-25-,29-26-,33-30-,37-34-,46-43-. The average molecular weight is 952 g/mol. The highest BCUT2D eigenvalue weighted by molar-refractivity contribution is 5.71. The SMILES string of the molecule is CCCCCCCC/C=C\C/C=C\C/C=C\CCCC(=O)OCC(COC(=O)CCCCCCC/C=C\CCCCCCCCC)OC(=O)CCCCCCCCC/C=C\CCCCCCCC. The molecule has 0 heterocycles. The van der Waals surface area contributed by atoms with Gasteiger partial charge in [0.05, 0.1) is 0 Å². The number of carbonyl (C=O) groups is 3. The fourth-order valence-corrected chi connectivity index (χ4v) is 8.27. The van der Waals surface area contributed by atoms with Gasteiger partial charge < -0.3 is 14.2 Å². The summed E-state index contributed by atoms with van der Waals surface area (Å²) in [5.74, 6) is -0.950. The van der Waals surface area contributed by atoms with E-state index < -0.39 is 6.10 Å². The van der Waals surface area contributed by atoms with Crippen LogP contribution in [0.5, 0.6) is 0 Å². The lowest BCUT2D eigenvalue weighted by Gasteiger charge is -2.18. The third-order valence-corrected chi connectivity index (χ3v) is 12.7. The number of carbonyl (C=O) groups excluding carboxylic acids is 3. The predicted molar refractivity (Wildman–Crippen MR) is 293 cm³/mol. The van der Waals surface area contributed by atoms with Gasteiger partial charge in [-0.1, -0.05) is 236 Å². The van der Waals surface area contributed by atoms with Gasteiger partial charge in [0.25, 0.3) is 0 Å². The number of esters is 3. The van der Waals surface area contributed by atoms with Crippen molar-refractivity contribution >= 4 is 17.9 Å². The number of allylic oxidation sites excluding steroid dienone is 10. The summed E-state index contributed by atoms with van der Waals surface area (Å²) >= 11 is 0. The molecule has 6 heteroatoms. The van der Waals surface area contributed by atoms with Crippen LogP contribution in [0.2, 0.25) is 0 Å². The molecule has 1 atom stereocenters. The number of hydrogen-bond donors (Lipinski definition) is 0. The Morgan fingerprint density at radius 1 is 0.294 bits per heavy atom. The molecule has 0 aromatic heterocycles. The Morgan fingerprint density at radius 3 is 0.897 bits per heavy atom. The molecule has 0 aromatic carbocycles. The zero-order chi connectivity index (χ0) is 49.3. The van der Waals surface area contributed by atoms with Crippen LogP contribution in [0, 0.1) is 0 Å². The first-order valence-corrected chi connectivity index (χ1v) is 29.3. The van der Waals surface area contributed by atoms with Gasteiger partial charge in [-0.3, -0.25) is 14.4 Å². The Labute approximate surface area is 421 Å². The summed E-state index contributed by atoms with van der Waals surface area (Å²) in [6.07, 6.45) is 70.7. The summed E-state index contributed by atoms with van der Waals surface area (Å²) in [5.41, 5.74) is 0. The molecule has 0 aliphatic heterocycles. The van der Waals surface area contributed by atoms with E-state index in [-0.39, 0.29) is 37.5 Å². The van der Waals surface area contributed by atoms with Gasteiger partial charge in [0.15, 0.2) is 6.10 Å². The first kappa shape index (κ1) is 65.1. The van der Waals surface area contributed by atoms with Crippen molar-refractivity contribution in [1.82, 2.24) is 0 Å². The summed E-state index contributed by atoms with van der Waals surface area (Å²) in [6, 6.07) is 0. The maximum atomic E-state index is 12.9. The summed E-state index contributed by atoms with van der Waals surface area (Å²) < 4.78 is 16.8. The zero-order valence-electron chi connectivity index (χ0n) is 45.1. The molecule has 0 radical (unpaired) electrons. The minimum absolute atomic E-state index is 0.0948. The van der Waals surface area contributed by atoms with Crippen LogP contribution in [0.3, 0.4) is 0 Å². The van der Waals surface area contributed by atoms with Gasteiger partial charge in [0.1, 0.15) is 13.2 Å². The van der Waals surface area contributed by atoms with Crippen LogP contribution in [-0.4, -0.2) is 37.2 Å². The lowest BCUT2D eigenvalue weighted by atomic mass is 10.1. The van der Waals surface area contributed by atoms with Gasteiger partial charge in [-0.05, 0) is 103 Å². The maximum Gasteiger partial charge on any atom is 0.306 e. The van der Waals surface area contributed by atoms with Gasteiger partial charge in [0.2, 0.25) is 0 Å². The maximum absolute atomic E-state index is 12.9. The minimum Gasteiger partial charge on any atom is -0.462 e. The van der Waals surface area contributed by atoms with Crippen molar-refractivity contribution in [2.24, 2.45) is 0 Å². The lowest BCUT2D eigenvalue weighted by Crippen LogP contribution is -2.30. The molecule has 0 amide bonds. The van der Waals surface area contributed by atoms with E-state index in [4.69, 9.17) is 14.2 Å². The number of ether oxygens (including phenoxy) is 3. The quantitative estimate of drug-likeness (QED) is 0.0262. The van der Waals surface area contributed by atoms with E-state index >= 15 is 0 Å². The average Bonchev–Trinajstić information content (AvgIpc) is 3.34. The van der Waals surface area contributed by atoms with Crippen molar-refractivity contribution in [3.05, 3.63) is 60.8 Å². The summed E-state index contributed by atoms with van der Waals surface area (Å²) in [4.78, 5) is 38.1. The molecule has 0 N–H and O–H groups in total. The lowest BCUT2D eigenvalue weighted by molar-refractivity contribution is -0.167. The third kappa shape index (κ3) is 54.1. The molecule has 0 aliphatic rings. The fourth-order valence-electron chi connectivity index (χ4n) is 8.27. The minimum atomic E-state index is -0.800. The highest BCUT2D eigenvalue weighted by Gasteiger charge is 2.19. The normalized spacial score (nSPS) is 12.5. The fraction of sp³-hybridized carbons (Fsp3) is 0.790. The Morgan fingerprint density at radius 2 is 0.544 bits per heavy atom. The molecule has 0 saturated carbocycles. The summed E-state index contributed by atoms with van der Waals surface area (Å²) in [7, 11) is 0. The molecule has 0 bridgehead atoms. The van der Waals surface area contributed by atoms with Crippen molar-refractivity contribution in [2.45, 2.75) is 303 Å². The van der Waals surface area contributed by atoms with Gasteiger partial charge >= 0.3 is 17.9 Å². The van der Waals surface area contributed by atoms with Crippen LogP contribution in [0.1, 0.15) is 297 Å². The van der Waals surface area contributed by atoms with Gasteiger partial charge in [-0.25, -0.2) is 0 Å². The van der Waals surface area contributed by atoms with Crippen molar-refractivity contribution in [2.75, 3.05) is 13.2 Å². The third-order valence-electron chi connectivity index (χ3n) is 12.7. The molecule has 0 spiro atoms. The van der Waals surface area contributed by atoms with Crippen LogP contribution >= 0.6 is 0 Å². The second-order valence-corrected chi connectivity index (χ2v) is 19.5. The second kappa shape index (κ2) is 56.7. The number of hydrogen-bond acceptors (Lipinski definition) is 6. The molecular formula is C62H110O6. The van der Waals surface area contributed by atoms with Crippen LogP contribution in [-0.2, 0) is 28.6 Å². The van der Waals surface area contributed by atoms with E-state index in [1.54, 1.807) is 0 Å². The Bertz CT molecular complexity index is 1230. The molecule has 394 valence electrons. The molecule has 0 saturated heterocycles. The monoisotopic (exact) mass is 951 g/mol. The summed E-state index contributed by atoms with van der Waals surface area (Å²) in [6.45, 7) is 6.60. The largest absolute Gasteiger partial charge is 0.462 e. The molecule has 0 aliphatic carbocycles. The first-order valence-electron chi connectivity index (χ1n) is 29.3. The van der Waals surface area contributed by atoms with E-state index in [1.165, 1.54) is 186 Å². The van der Waals surface area contributed by atoms with Crippen molar-refractivity contribution in [1.29, 1.82) is 0 Å². The molecule has 6 nitrogen and oxygen atoms in total. The summed E-state index contributed by atoms with van der Waals surface area (Å²) in [5, 5.41) is 0. The van der Waals surface area contributed by atoms with Gasteiger partial charge in [-0.15, -0.1) is 0 Å². The van der Waals surface area contributed by atoms with Crippen LogP contribution in [0.4, 0.5) is 0 Å². The van der Waals surface area contributed by atoms with Crippen molar-refractivity contribution in [3.8, 4) is 0 Å². The molecule has 0 fully saturated rings. The number of unbranched alkanes of at least 4 members (excludes halogenated alkanes) is 32. The highest BCUT2D eigenvalue weighted by atomic mass is 16.6. The zero-order valence-corrected chi connectivity index (χ0v) is 45.1. The van der Waals surface area contributed by atoms with E-state index in [0.29, 0.717) is 19.3 Å². The van der Waals surface area contributed by atoms with E-state index in [1.807, 2.05) is 0 Å². The highest BCUT2D eigenvalue weighted by Crippen LogP contribution is 2.15. The molecule has 0 aromatic rings. The molecule has 0 rings (SSSR count). The van der Waals surface area contributed by atoms with Crippen molar-refractivity contribution in [3.63, 3.8) is 0 Å². The molecule has 68 heavy (non-hydrogen) atoms.